The summed E-state index contributed by atoms with van der Waals surface area (Å²) < 4.78 is 95.7. The minimum atomic E-state index is -4.91. The molecule has 1 aliphatic heterocycles. The summed E-state index contributed by atoms with van der Waals surface area (Å²) in [7, 11) is -7.90. The molecule has 2 aromatic rings. The average molecular weight is 477 g/mol. The van der Waals surface area contributed by atoms with Gasteiger partial charge < -0.3 is 10.5 Å². The molecule has 2 aromatic carbocycles. The van der Waals surface area contributed by atoms with Crippen molar-refractivity contribution in [3.8, 4) is 5.75 Å². The van der Waals surface area contributed by atoms with E-state index in [0.29, 0.717) is 16.3 Å². The number of nitrogens with zero attached hydrogens (tertiary/aromatic N) is 1. The third-order valence-electron chi connectivity index (χ3n) is 4.44. The van der Waals surface area contributed by atoms with Crippen LogP contribution in [-0.4, -0.2) is 35.2 Å². The Hall–Kier alpha value is -2.64. The predicted molar refractivity (Wildman–Crippen MR) is 107 cm³/mol. The first-order valence-corrected chi connectivity index (χ1v) is 11.8. The van der Waals surface area contributed by atoms with E-state index in [2.05, 4.69) is 4.99 Å². The maximum atomic E-state index is 13.0. The second-order valence-corrected chi connectivity index (χ2v) is 10.8. The summed E-state index contributed by atoms with van der Waals surface area (Å²) in [6.45, 7) is 1.48. The Morgan fingerprint density at radius 1 is 1.13 bits per heavy atom. The van der Waals surface area contributed by atoms with Crippen molar-refractivity contribution in [2.45, 2.75) is 23.5 Å². The lowest BCUT2D eigenvalue weighted by atomic mass is 10.1. The number of hydrogen-bond donors (Lipinski definition) is 2. The van der Waals surface area contributed by atoms with Gasteiger partial charge in [-0.1, -0.05) is 0 Å². The first-order chi connectivity index (χ1) is 14.1. The van der Waals surface area contributed by atoms with Gasteiger partial charge in [0, 0.05) is 10.9 Å². The van der Waals surface area contributed by atoms with Gasteiger partial charge in [0.05, 0.1) is 34.2 Å². The van der Waals surface area contributed by atoms with Crippen LogP contribution in [0.5, 0.6) is 5.75 Å². The van der Waals surface area contributed by atoms with E-state index < -0.39 is 53.7 Å². The number of rotatable bonds is 6. The summed E-state index contributed by atoms with van der Waals surface area (Å²) in [6, 6.07) is 6.73. The van der Waals surface area contributed by atoms with Crippen molar-refractivity contribution >= 4 is 31.8 Å². The van der Waals surface area contributed by atoms with Crippen molar-refractivity contribution in [3.05, 3.63) is 52.5 Å². The Morgan fingerprint density at radius 2 is 1.81 bits per heavy atom. The van der Waals surface area contributed by atoms with E-state index in [1.54, 1.807) is 24.3 Å². The summed E-state index contributed by atoms with van der Waals surface area (Å²) in [5.74, 6) is -0.223. The smallest absolute Gasteiger partial charge is 0.418 e. The zero-order valence-corrected chi connectivity index (χ0v) is 17.9. The lowest BCUT2D eigenvalue weighted by Crippen LogP contribution is -2.39. The third kappa shape index (κ3) is 4.99. The second-order valence-electron chi connectivity index (χ2n) is 7.13. The number of benzene rings is 2. The molecule has 0 aromatic heterocycles. The van der Waals surface area contributed by atoms with Crippen LogP contribution in [-0.2, 0) is 26.2 Å². The highest BCUT2D eigenvalue weighted by atomic mass is 32.3. The topological polar surface area (TPSA) is 128 Å². The molecule has 3 N–H and O–H groups in total. The van der Waals surface area contributed by atoms with E-state index in [4.69, 9.17) is 10.5 Å². The molecule has 1 heterocycles. The Balaban J connectivity index is 1.89. The van der Waals surface area contributed by atoms with Crippen LogP contribution in [0, 0.1) is 0 Å². The molecule has 1 atom stereocenters. The summed E-state index contributed by atoms with van der Waals surface area (Å²) in [6.07, 6.45) is -3.37. The molecule has 0 aliphatic carbocycles. The number of ether oxygens (including phenoxy) is 1. The fraction of sp³-hybridized carbons (Fsp3) is 0.278. The van der Waals surface area contributed by atoms with Crippen LogP contribution in [0.15, 0.2) is 46.3 Å². The Kier molecular flexibility index (Phi) is 5.57. The Labute approximate surface area is 176 Å². The predicted octanol–water partition coefficient (Wildman–Crippen LogP) is 0.777. The first kappa shape index (κ1) is 23.0. The van der Waals surface area contributed by atoms with Crippen molar-refractivity contribution in [3.63, 3.8) is 0 Å². The van der Waals surface area contributed by atoms with E-state index in [-0.39, 0.29) is 6.07 Å². The molecule has 0 saturated heterocycles. The van der Waals surface area contributed by atoms with Gasteiger partial charge in [-0.2, -0.15) is 13.2 Å². The molecule has 13 heteroatoms. The van der Waals surface area contributed by atoms with Crippen molar-refractivity contribution in [2.75, 3.05) is 18.6 Å². The normalized spacial score (nSPS) is 18.7. The van der Waals surface area contributed by atoms with Crippen molar-refractivity contribution in [1.29, 1.82) is 0 Å². The van der Waals surface area contributed by atoms with E-state index in [0.717, 1.165) is 12.1 Å². The Morgan fingerprint density at radius 3 is 2.42 bits per heavy atom. The van der Waals surface area contributed by atoms with Gasteiger partial charge >= 0.3 is 6.18 Å². The SMILES string of the molecule is COc1ccc2c(c1)=CC(C)(CS(=O)(=O)NS(=O)(=O)c1ccc(N)c(C(F)(F)F)c1)N=2. The quantitative estimate of drug-likeness (QED) is 0.592. The van der Waals surface area contributed by atoms with Gasteiger partial charge in [0.1, 0.15) is 5.75 Å². The van der Waals surface area contributed by atoms with Gasteiger partial charge in [-0.15, -0.1) is 4.13 Å². The third-order valence-corrected chi connectivity index (χ3v) is 8.17. The van der Waals surface area contributed by atoms with Crippen LogP contribution in [0.1, 0.15) is 12.5 Å². The van der Waals surface area contributed by atoms with Crippen LogP contribution >= 0.6 is 0 Å². The minimum absolute atomic E-state index is 0.281. The monoisotopic (exact) mass is 477 g/mol. The molecule has 1 aliphatic rings. The van der Waals surface area contributed by atoms with Gasteiger partial charge in [0.2, 0.25) is 10.0 Å². The lowest BCUT2D eigenvalue weighted by molar-refractivity contribution is -0.137. The summed E-state index contributed by atoms with van der Waals surface area (Å²) in [5, 5.41) is 1.10. The van der Waals surface area contributed by atoms with Gasteiger partial charge in [-0.3, -0.25) is 4.99 Å². The number of hydrogen-bond acceptors (Lipinski definition) is 7. The summed E-state index contributed by atoms with van der Waals surface area (Å²) >= 11 is 0. The van der Waals surface area contributed by atoms with Crippen molar-refractivity contribution in [2.24, 2.45) is 4.99 Å². The number of fused-ring (bicyclic) bond motifs is 1. The largest absolute Gasteiger partial charge is 0.497 e. The number of sulfonamides is 2. The van der Waals surface area contributed by atoms with Crippen LogP contribution in [0.25, 0.3) is 6.08 Å². The van der Waals surface area contributed by atoms with Crippen LogP contribution in [0.4, 0.5) is 18.9 Å². The van der Waals surface area contributed by atoms with E-state index in [1.807, 2.05) is 0 Å². The van der Waals surface area contributed by atoms with Crippen LogP contribution < -0.4 is 25.2 Å². The van der Waals surface area contributed by atoms with E-state index in [9.17, 15) is 30.0 Å². The average Bonchev–Trinajstić information content (AvgIpc) is 2.93. The summed E-state index contributed by atoms with van der Waals surface area (Å²) in [5.41, 5.74) is 1.89. The van der Waals surface area contributed by atoms with Gasteiger partial charge in [-0.25, -0.2) is 16.8 Å². The van der Waals surface area contributed by atoms with Crippen molar-refractivity contribution < 1.29 is 34.7 Å². The molecule has 0 bridgehead atoms. The Bertz CT molecular complexity index is 1370. The number of halogens is 3. The molecule has 0 spiro atoms. The fourth-order valence-electron chi connectivity index (χ4n) is 3.17. The fourth-order valence-corrected chi connectivity index (χ4v) is 6.57. The van der Waals surface area contributed by atoms with Crippen LogP contribution in [0.3, 0.4) is 0 Å². The number of anilines is 1. The highest BCUT2D eigenvalue weighted by molar-refractivity contribution is 8.04. The maximum Gasteiger partial charge on any atom is 0.418 e. The second kappa shape index (κ2) is 7.50. The molecule has 0 saturated carbocycles. The zero-order valence-electron chi connectivity index (χ0n) is 16.3. The highest BCUT2D eigenvalue weighted by Crippen LogP contribution is 2.35. The maximum absolute atomic E-state index is 13.0. The molecule has 8 nitrogen and oxygen atoms in total. The van der Waals surface area contributed by atoms with Gasteiger partial charge in [0.25, 0.3) is 10.0 Å². The van der Waals surface area contributed by atoms with E-state index >= 15 is 0 Å². The number of nitrogen functional groups attached to an aromatic ring is 1. The van der Waals surface area contributed by atoms with Gasteiger partial charge in [0.15, 0.2) is 0 Å². The molecule has 1 unspecified atom stereocenters. The molecule has 168 valence electrons. The molecule has 0 radical (unpaired) electrons. The molecular formula is C18H18F3N3O5S2. The molecule has 3 rings (SSSR count). The number of nitrogens with two attached hydrogens (primary N) is 1. The molecule has 0 fully saturated rings. The number of nitrogens with one attached hydrogen (secondary N) is 1. The molecule has 31 heavy (non-hydrogen) atoms. The van der Waals surface area contributed by atoms with E-state index in [1.165, 1.54) is 18.2 Å². The minimum Gasteiger partial charge on any atom is -0.497 e. The van der Waals surface area contributed by atoms with Crippen LogP contribution in [0.2, 0.25) is 0 Å². The molecule has 0 amide bonds. The van der Waals surface area contributed by atoms with Gasteiger partial charge in [-0.05, 0) is 49.4 Å². The summed E-state index contributed by atoms with van der Waals surface area (Å²) in [4.78, 5) is 3.43. The first-order valence-electron chi connectivity index (χ1n) is 8.64. The standard InChI is InChI=1S/C18H18F3N3O5S2/c1-17(9-11-7-12(29-2)3-6-16(11)23-17)10-30(25,26)24-31(27,28)13-4-5-15(22)14(8-13)18(19,20)21/h3-9,24H,10,22H2,1-2H3. The highest BCUT2D eigenvalue weighted by Gasteiger charge is 2.36. The number of alkyl halides is 3. The molecular weight excluding hydrogens is 459 g/mol. The lowest BCUT2D eigenvalue weighted by Gasteiger charge is -2.19. The zero-order chi connectivity index (χ0) is 23.2. The number of methoxy groups -OCH3 is 1. The van der Waals surface area contributed by atoms with Crippen molar-refractivity contribution in [1.82, 2.24) is 4.13 Å².